The molecule has 0 bridgehead atoms. The molecule has 0 saturated heterocycles. The maximum atomic E-state index is 12.7. The average Bonchev–Trinajstić information content (AvgIpc) is 2.79. The summed E-state index contributed by atoms with van der Waals surface area (Å²) in [5, 5.41) is 7.31. The first-order chi connectivity index (χ1) is 15.1. The molecule has 164 valence electrons. The SMILES string of the molecule is O=C(NCCCCCCNS(=O)(=O)c1cccc2ccccc12)NCc1ccccc1. The molecule has 0 saturated carbocycles. The van der Waals surface area contributed by atoms with Crippen LogP contribution in [-0.4, -0.2) is 27.5 Å². The highest BCUT2D eigenvalue weighted by atomic mass is 32.2. The number of carbonyl (C=O) groups is 1. The van der Waals surface area contributed by atoms with Crippen LogP contribution >= 0.6 is 0 Å². The molecule has 0 heterocycles. The van der Waals surface area contributed by atoms with E-state index in [4.69, 9.17) is 0 Å². The first kappa shape index (κ1) is 22.8. The largest absolute Gasteiger partial charge is 0.338 e. The number of amides is 2. The van der Waals surface area contributed by atoms with E-state index in [-0.39, 0.29) is 6.03 Å². The number of benzene rings is 3. The van der Waals surface area contributed by atoms with Gasteiger partial charge in [-0.15, -0.1) is 0 Å². The first-order valence-electron chi connectivity index (χ1n) is 10.6. The smallest absolute Gasteiger partial charge is 0.315 e. The summed E-state index contributed by atoms with van der Waals surface area (Å²) in [5.41, 5.74) is 1.06. The Kier molecular flexibility index (Phi) is 8.44. The maximum Gasteiger partial charge on any atom is 0.315 e. The molecule has 0 aliphatic heterocycles. The van der Waals surface area contributed by atoms with Gasteiger partial charge >= 0.3 is 6.03 Å². The van der Waals surface area contributed by atoms with Crippen LogP contribution in [0.25, 0.3) is 10.8 Å². The molecule has 0 aliphatic rings. The summed E-state index contributed by atoms with van der Waals surface area (Å²) in [6, 6.07) is 22.4. The monoisotopic (exact) mass is 439 g/mol. The lowest BCUT2D eigenvalue weighted by atomic mass is 10.1. The molecule has 2 amide bonds. The van der Waals surface area contributed by atoms with Crippen molar-refractivity contribution in [3.63, 3.8) is 0 Å². The Balaban J connectivity index is 1.29. The van der Waals surface area contributed by atoms with Gasteiger partial charge in [0.25, 0.3) is 0 Å². The molecule has 7 heteroatoms. The van der Waals surface area contributed by atoms with Crippen molar-refractivity contribution in [3.05, 3.63) is 78.4 Å². The number of carbonyl (C=O) groups excluding carboxylic acids is 1. The Labute approximate surface area is 184 Å². The molecular formula is C24H29N3O3S. The number of nitrogens with one attached hydrogen (secondary N) is 3. The number of fused-ring (bicyclic) bond motifs is 1. The van der Waals surface area contributed by atoms with Gasteiger partial charge in [0, 0.05) is 25.0 Å². The summed E-state index contributed by atoms with van der Waals surface area (Å²) in [6.07, 6.45) is 3.43. The molecule has 0 aromatic heterocycles. The zero-order chi connectivity index (χ0) is 21.9. The lowest BCUT2D eigenvalue weighted by molar-refractivity contribution is 0.240. The number of hydrogen-bond acceptors (Lipinski definition) is 3. The van der Waals surface area contributed by atoms with Crippen molar-refractivity contribution in [2.24, 2.45) is 0 Å². The highest BCUT2D eigenvalue weighted by Gasteiger charge is 2.16. The van der Waals surface area contributed by atoms with Gasteiger partial charge in [-0.1, -0.05) is 79.6 Å². The van der Waals surface area contributed by atoms with Crippen LogP contribution in [0.5, 0.6) is 0 Å². The van der Waals surface area contributed by atoms with E-state index in [1.807, 2.05) is 60.7 Å². The van der Waals surface area contributed by atoms with E-state index in [9.17, 15) is 13.2 Å². The highest BCUT2D eigenvalue weighted by Crippen LogP contribution is 2.22. The summed E-state index contributed by atoms with van der Waals surface area (Å²) < 4.78 is 28.0. The predicted molar refractivity (Wildman–Crippen MR) is 124 cm³/mol. The second-order valence-corrected chi connectivity index (χ2v) is 9.12. The van der Waals surface area contributed by atoms with Gasteiger partial charge in [-0.25, -0.2) is 17.9 Å². The fourth-order valence-corrected chi connectivity index (χ4v) is 4.66. The fraction of sp³-hybridized carbons (Fsp3) is 0.292. The topological polar surface area (TPSA) is 87.3 Å². The lowest BCUT2D eigenvalue weighted by Gasteiger charge is -2.10. The van der Waals surface area contributed by atoms with E-state index in [2.05, 4.69) is 15.4 Å². The summed E-state index contributed by atoms with van der Waals surface area (Å²) >= 11 is 0. The van der Waals surface area contributed by atoms with E-state index in [1.165, 1.54) is 0 Å². The van der Waals surface area contributed by atoms with E-state index < -0.39 is 10.0 Å². The van der Waals surface area contributed by atoms with Crippen LogP contribution in [0.2, 0.25) is 0 Å². The van der Waals surface area contributed by atoms with Crippen LogP contribution in [0.4, 0.5) is 4.79 Å². The molecule has 6 nitrogen and oxygen atoms in total. The van der Waals surface area contributed by atoms with Crippen molar-refractivity contribution in [3.8, 4) is 0 Å². The zero-order valence-corrected chi connectivity index (χ0v) is 18.3. The fourth-order valence-electron chi connectivity index (χ4n) is 3.36. The van der Waals surface area contributed by atoms with Crippen molar-refractivity contribution in [1.29, 1.82) is 0 Å². The van der Waals surface area contributed by atoms with Crippen LogP contribution in [0.15, 0.2) is 77.7 Å². The Bertz CT molecular complexity index is 1080. The van der Waals surface area contributed by atoms with E-state index in [1.54, 1.807) is 12.1 Å². The van der Waals surface area contributed by atoms with Gasteiger partial charge in [-0.2, -0.15) is 0 Å². The third kappa shape index (κ3) is 7.08. The zero-order valence-electron chi connectivity index (χ0n) is 17.5. The van der Waals surface area contributed by atoms with Crippen molar-refractivity contribution < 1.29 is 13.2 Å². The summed E-state index contributed by atoms with van der Waals surface area (Å²) in [7, 11) is -3.54. The van der Waals surface area contributed by atoms with Crippen LogP contribution in [0.1, 0.15) is 31.2 Å². The average molecular weight is 440 g/mol. The van der Waals surface area contributed by atoms with Gasteiger partial charge in [-0.3, -0.25) is 0 Å². The van der Waals surface area contributed by atoms with Gasteiger partial charge in [-0.05, 0) is 29.9 Å². The molecule has 3 aromatic rings. The Morgan fingerprint density at radius 2 is 1.39 bits per heavy atom. The minimum Gasteiger partial charge on any atom is -0.338 e. The molecule has 0 fully saturated rings. The van der Waals surface area contributed by atoms with Crippen LogP contribution < -0.4 is 15.4 Å². The van der Waals surface area contributed by atoms with Crippen molar-refractivity contribution >= 4 is 26.8 Å². The molecule has 0 radical (unpaired) electrons. The predicted octanol–water partition coefficient (Wildman–Crippen LogP) is 4.18. The normalized spacial score (nSPS) is 11.4. The molecule has 0 aliphatic carbocycles. The highest BCUT2D eigenvalue weighted by molar-refractivity contribution is 7.89. The standard InChI is InChI=1S/C24H29N3O3S/c28-24(26-19-20-11-4-3-5-12-20)25-17-8-1-2-9-18-27-31(29,30)23-16-10-14-21-13-6-7-15-22(21)23/h3-7,10-16,27H,1-2,8-9,17-19H2,(H2,25,26,28). The summed E-state index contributed by atoms with van der Waals surface area (Å²) in [5.74, 6) is 0. The number of sulfonamides is 1. The quantitative estimate of drug-likeness (QED) is 0.392. The Hall–Kier alpha value is -2.90. The van der Waals surface area contributed by atoms with Gasteiger partial charge in [0.15, 0.2) is 0 Å². The molecule has 0 spiro atoms. The van der Waals surface area contributed by atoms with E-state index in [0.717, 1.165) is 42.0 Å². The third-order valence-electron chi connectivity index (χ3n) is 5.02. The van der Waals surface area contributed by atoms with E-state index >= 15 is 0 Å². The van der Waals surface area contributed by atoms with Crippen molar-refractivity contribution in [2.45, 2.75) is 37.1 Å². The summed E-state index contributed by atoms with van der Waals surface area (Å²) in [4.78, 5) is 12.1. The number of rotatable bonds is 11. The van der Waals surface area contributed by atoms with Crippen LogP contribution in [0, 0.1) is 0 Å². The second kappa shape index (κ2) is 11.5. The van der Waals surface area contributed by atoms with Crippen LogP contribution in [0.3, 0.4) is 0 Å². The van der Waals surface area contributed by atoms with Crippen molar-refractivity contribution in [2.75, 3.05) is 13.1 Å². The second-order valence-electron chi connectivity index (χ2n) is 7.38. The molecule has 0 unspecified atom stereocenters. The van der Waals surface area contributed by atoms with Gasteiger partial charge < -0.3 is 10.6 Å². The third-order valence-corrected chi connectivity index (χ3v) is 6.54. The number of hydrogen-bond donors (Lipinski definition) is 3. The lowest BCUT2D eigenvalue weighted by Crippen LogP contribution is -2.35. The molecule has 3 aromatic carbocycles. The van der Waals surface area contributed by atoms with Gasteiger partial charge in [0.1, 0.15) is 0 Å². The van der Waals surface area contributed by atoms with Gasteiger partial charge in [0.2, 0.25) is 10.0 Å². The van der Waals surface area contributed by atoms with E-state index in [0.29, 0.717) is 24.5 Å². The first-order valence-corrected chi connectivity index (χ1v) is 12.1. The molecule has 31 heavy (non-hydrogen) atoms. The molecule has 3 N–H and O–H groups in total. The van der Waals surface area contributed by atoms with Crippen molar-refractivity contribution in [1.82, 2.24) is 15.4 Å². The number of unbranched alkanes of at least 4 members (excludes halogenated alkanes) is 3. The minimum absolute atomic E-state index is 0.174. The molecule has 3 rings (SSSR count). The van der Waals surface area contributed by atoms with Crippen LogP contribution in [-0.2, 0) is 16.6 Å². The Morgan fingerprint density at radius 1 is 0.710 bits per heavy atom. The maximum absolute atomic E-state index is 12.7. The summed E-state index contributed by atoms with van der Waals surface area (Å²) in [6.45, 7) is 1.50. The Morgan fingerprint density at radius 3 is 2.19 bits per heavy atom. The van der Waals surface area contributed by atoms with Gasteiger partial charge in [0.05, 0.1) is 4.90 Å². The minimum atomic E-state index is -3.54. The molecular weight excluding hydrogens is 410 g/mol. The number of urea groups is 1. The molecule has 0 atom stereocenters.